The standard InChI is InChI=1S/C11H17N3O7/c12-8(16)3-1-6(5-15)13-11(21)14-7(10(19)20)2-4-9(17)18/h5-7H,1-4H2,(H2,12,16)(H,17,18)(H,19,20)(H2,13,14,21). The maximum atomic E-state index is 11.5. The first-order valence-electron chi connectivity index (χ1n) is 6.01. The van der Waals surface area contributed by atoms with Gasteiger partial charge in [0.15, 0.2) is 0 Å². The van der Waals surface area contributed by atoms with Crippen LogP contribution in [0.3, 0.4) is 0 Å². The number of aldehydes is 1. The number of hydrogen-bond acceptors (Lipinski definition) is 5. The number of amides is 3. The molecule has 0 rings (SSSR count). The van der Waals surface area contributed by atoms with Crippen LogP contribution < -0.4 is 16.4 Å². The number of nitrogens with one attached hydrogen (secondary N) is 2. The van der Waals surface area contributed by atoms with Gasteiger partial charge in [-0.3, -0.25) is 9.59 Å². The predicted octanol–water partition coefficient (Wildman–Crippen LogP) is -1.56. The Hall–Kier alpha value is -2.65. The van der Waals surface area contributed by atoms with Crippen LogP contribution >= 0.6 is 0 Å². The quantitative estimate of drug-likeness (QED) is 0.303. The van der Waals surface area contributed by atoms with Crippen LogP contribution in [-0.2, 0) is 19.2 Å². The molecule has 2 atom stereocenters. The third-order valence-corrected chi connectivity index (χ3v) is 2.43. The van der Waals surface area contributed by atoms with Crippen LogP contribution in [0.25, 0.3) is 0 Å². The van der Waals surface area contributed by atoms with Crippen LogP contribution in [0.2, 0.25) is 0 Å². The van der Waals surface area contributed by atoms with E-state index in [-0.39, 0.29) is 19.3 Å². The fraction of sp³-hybridized carbons (Fsp3) is 0.545. The van der Waals surface area contributed by atoms with Gasteiger partial charge in [-0.05, 0) is 12.8 Å². The van der Waals surface area contributed by atoms with Crippen molar-refractivity contribution in [3.8, 4) is 0 Å². The molecule has 0 aromatic heterocycles. The molecule has 0 heterocycles. The number of rotatable bonds is 10. The summed E-state index contributed by atoms with van der Waals surface area (Å²) < 4.78 is 0. The smallest absolute Gasteiger partial charge is 0.326 e. The fourth-order valence-corrected chi connectivity index (χ4v) is 1.37. The molecule has 10 nitrogen and oxygen atoms in total. The highest BCUT2D eigenvalue weighted by molar-refractivity contribution is 5.84. The van der Waals surface area contributed by atoms with Gasteiger partial charge in [0, 0.05) is 12.8 Å². The summed E-state index contributed by atoms with van der Waals surface area (Å²) in [6.07, 6.45) is -0.485. The van der Waals surface area contributed by atoms with Gasteiger partial charge >= 0.3 is 18.0 Å². The number of carbonyl (C=O) groups is 5. The normalized spacial score (nSPS) is 12.8. The van der Waals surface area contributed by atoms with Crippen molar-refractivity contribution in [2.24, 2.45) is 5.73 Å². The molecule has 0 aliphatic carbocycles. The SMILES string of the molecule is NC(=O)CCC(C=O)NC(=O)NC(CCC(=O)O)C(=O)O. The Morgan fingerprint density at radius 3 is 2.10 bits per heavy atom. The van der Waals surface area contributed by atoms with Gasteiger partial charge in [0.05, 0.1) is 6.04 Å². The van der Waals surface area contributed by atoms with Crippen molar-refractivity contribution in [2.45, 2.75) is 37.8 Å². The van der Waals surface area contributed by atoms with E-state index in [1.165, 1.54) is 0 Å². The molecular weight excluding hydrogens is 286 g/mol. The molecule has 10 heteroatoms. The molecule has 0 aliphatic rings. The molecule has 118 valence electrons. The molecule has 0 fully saturated rings. The van der Waals surface area contributed by atoms with E-state index in [9.17, 15) is 24.0 Å². The van der Waals surface area contributed by atoms with Crippen molar-refractivity contribution in [3.05, 3.63) is 0 Å². The molecule has 0 aliphatic heterocycles. The van der Waals surface area contributed by atoms with Gasteiger partial charge < -0.3 is 31.4 Å². The summed E-state index contributed by atoms with van der Waals surface area (Å²) in [5.74, 6) is -3.24. The molecule has 6 N–H and O–H groups in total. The van der Waals surface area contributed by atoms with Crippen molar-refractivity contribution in [2.75, 3.05) is 0 Å². The number of hydrogen-bond donors (Lipinski definition) is 5. The topological polar surface area (TPSA) is 176 Å². The Morgan fingerprint density at radius 2 is 1.67 bits per heavy atom. The predicted molar refractivity (Wildman–Crippen MR) is 68.2 cm³/mol. The van der Waals surface area contributed by atoms with Crippen LogP contribution in [0.5, 0.6) is 0 Å². The van der Waals surface area contributed by atoms with Crippen LogP contribution in [0.15, 0.2) is 0 Å². The van der Waals surface area contributed by atoms with Gasteiger partial charge in [-0.15, -0.1) is 0 Å². The highest BCUT2D eigenvalue weighted by atomic mass is 16.4. The van der Waals surface area contributed by atoms with Crippen LogP contribution in [0.1, 0.15) is 25.7 Å². The summed E-state index contributed by atoms with van der Waals surface area (Å²) >= 11 is 0. The molecule has 0 saturated carbocycles. The number of carboxylic acids is 2. The summed E-state index contributed by atoms with van der Waals surface area (Å²) in [6, 6.07) is -3.34. The third kappa shape index (κ3) is 8.97. The number of nitrogens with two attached hydrogens (primary N) is 1. The average molecular weight is 303 g/mol. The molecule has 3 amide bonds. The molecule has 21 heavy (non-hydrogen) atoms. The first kappa shape index (κ1) is 18.4. The van der Waals surface area contributed by atoms with Crippen molar-refractivity contribution in [1.82, 2.24) is 10.6 Å². The zero-order valence-corrected chi connectivity index (χ0v) is 11.1. The van der Waals surface area contributed by atoms with Crippen LogP contribution in [0, 0.1) is 0 Å². The summed E-state index contributed by atoms with van der Waals surface area (Å²) in [7, 11) is 0. The van der Waals surface area contributed by atoms with Crippen LogP contribution in [-0.4, -0.2) is 52.5 Å². The third-order valence-electron chi connectivity index (χ3n) is 2.43. The van der Waals surface area contributed by atoms with Gasteiger partial charge in [-0.25, -0.2) is 9.59 Å². The van der Waals surface area contributed by atoms with E-state index in [0.717, 1.165) is 0 Å². The van der Waals surface area contributed by atoms with Crippen LogP contribution in [0.4, 0.5) is 4.79 Å². The lowest BCUT2D eigenvalue weighted by Crippen LogP contribution is -2.49. The number of primary amides is 1. The molecule has 0 spiro atoms. The largest absolute Gasteiger partial charge is 0.481 e. The summed E-state index contributed by atoms with van der Waals surface area (Å²) in [5, 5.41) is 21.5. The Kier molecular flexibility index (Phi) is 8.11. The first-order valence-corrected chi connectivity index (χ1v) is 6.01. The summed E-state index contributed by atoms with van der Waals surface area (Å²) in [4.78, 5) is 54.0. The van der Waals surface area contributed by atoms with E-state index < -0.39 is 42.4 Å². The lowest BCUT2D eigenvalue weighted by molar-refractivity contribution is -0.140. The van der Waals surface area contributed by atoms with Gasteiger partial charge in [0.1, 0.15) is 12.3 Å². The minimum atomic E-state index is -1.40. The van der Waals surface area contributed by atoms with E-state index >= 15 is 0 Å². The molecule has 0 radical (unpaired) electrons. The zero-order valence-electron chi connectivity index (χ0n) is 11.1. The van der Waals surface area contributed by atoms with E-state index in [1.54, 1.807) is 0 Å². The molecule has 0 saturated heterocycles. The Bertz CT molecular complexity index is 424. The number of carboxylic acid groups (broad SMARTS) is 2. The molecule has 0 aromatic carbocycles. The summed E-state index contributed by atoms with van der Waals surface area (Å²) in [5.41, 5.74) is 4.90. The van der Waals surface area contributed by atoms with Gasteiger partial charge in [0.25, 0.3) is 0 Å². The Balaban J connectivity index is 4.40. The van der Waals surface area contributed by atoms with Gasteiger partial charge in [0.2, 0.25) is 5.91 Å². The van der Waals surface area contributed by atoms with E-state index in [1.807, 2.05) is 5.32 Å². The molecule has 2 unspecified atom stereocenters. The van der Waals surface area contributed by atoms with E-state index in [2.05, 4.69) is 5.32 Å². The highest BCUT2D eigenvalue weighted by Gasteiger charge is 2.22. The number of aliphatic carboxylic acids is 2. The van der Waals surface area contributed by atoms with Crippen molar-refractivity contribution in [1.29, 1.82) is 0 Å². The highest BCUT2D eigenvalue weighted by Crippen LogP contribution is 1.99. The molecule has 0 aromatic rings. The second-order valence-electron chi connectivity index (χ2n) is 4.19. The first-order chi connectivity index (χ1) is 9.76. The molecule has 0 bridgehead atoms. The minimum absolute atomic E-state index is 0.0148. The maximum absolute atomic E-state index is 11.5. The zero-order chi connectivity index (χ0) is 16.4. The second kappa shape index (κ2) is 9.28. The van der Waals surface area contributed by atoms with E-state index in [4.69, 9.17) is 15.9 Å². The Labute approximate surface area is 119 Å². The average Bonchev–Trinajstić information content (AvgIpc) is 2.38. The number of urea groups is 1. The minimum Gasteiger partial charge on any atom is -0.481 e. The maximum Gasteiger partial charge on any atom is 0.326 e. The summed E-state index contributed by atoms with van der Waals surface area (Å²) in [6.45, 7) is 0. The van der Waals surface area contributed by atoms with Gasteiger partial charge in [-0.1, -0.05) is 0 Å². The monoisotopic (exact) mass is 303 g/mol. The van der Waals surface area contributed by atoms with Crippen molar-refractivity contribution < 1.29 is 34.2 Å². The van der Waals surface area contributed by atoms with E-state index in [0.29, 0.717) is 6.29 Å². The number of carbonyl (C=O) groups excluding carboxylic acids is 3. The van der Waals surface area contributed by atoms with Crippen molar-refractivity contribution in [3.63, 3.8) is 0 Å². The fourth-order valence-electron chi connectivity index (χ4n) is 1.37. The van der Waals surface area contributed by atoms with Gasteiger partial charge in [-0.2, -0.15) is 0 Å². The van der Waals surface area contributed by atoms with Crippen molar-refractivity contribution >= 4 is 30.2 Å². The second-order valence-corrected chi connectivity index (χ2v) is 4.19. The Morgan fingerprint density at radius 1 is 1.05 bits per heavy atom. The lowest BCUT2D eigenvalue weighted by Gasteiger charge is -2.17. The molecular formula is C11H17N3O7. The lowest BCUT2D eigenvalue weighted by atomic mass is 10.1.